The van der Waals surface area contributed by atoms with Crippen molar-refractivity contribution in [3.8, 4) is 11.1 Å². The third kappa shape index (κ3) is 4.55. The summed E-state index contributed by atoms with van der Waals surface area (Å²) in [6.07, 6.45) is 1.55. The van der Waals surface area contributed by atoms with Gasteiger partial charge in [0.1, 0.15) is 0 Å². The van der Waals surface area contributed by atoms with Crippen LogP contribution in [0.2, 0.25) is 0 Å². The van der Waals surface area contributed by atoms with Crippen LogP contribution in [0.3, 0.4) is 0 Å². The van der Waals surface area contributed by atoms with Crippen molar-refractivity contribution in [1.29, 1.82) is 0 Å². The Balaban J connectivity index is 1.58. The highest BCUT2D eigenvalue weighted by atomic mass is 32.1. The molecule has 0 atom stereocenters. The second kappa shape index (κ2) is 9.23. The first-order chi connectivity index (χ1) is 15.5. The first-order valence-electron chi connectivity index (χ1n) is 9.57. The molecule has 0 saturated heterocycles. The van der Waals surface area contributed by atoms with Gasteiger partial charge in [0.2, 0.25) is 0 Å². The number of carboxylic acids is 1. The average Bonchev–Trinajstić information content (AvgIpc) is 3.34. The number of aromatic nitrogens is 1. The van der Waals surface area contributed by atoms with Gasteiger partial charge in [0.15, 0.2) is 5.01 Å². The predicted octanol–water partition coefficient (Wildman–Crippen LogP) is 5.01. The highest BCUT2D eigenvalue weighted by Gasteiger charge is 2.18. The van der Waals surface area contributed by atoms with Gasteiger partial charge in [0.05, 0.1) is 5.56 Å². The lowest BCUT2D eigenvalue weighted by Gasteiger charge is -2.13. The topological polar surface area (TPSA) is 108 Å². The van der Waals surface area contributed by atoms with E-state index in [1.165, 1.54) is 17.4 Å². The minimum atomic E-state index is -1.07. The molecule has 0 saturated carbocycles. The van der Waals surface area contributed by atoms with Gasteiger partial charge in [-0.05, 0) is 41.5 Å². The molecular weight excluding hydrogens is 426 g/mol. The predicted molar refractivity (Wildman–Crippen MR) is 123 cm³/mol. The van der Waals surface area contributed by atoms with E-state index in [4.69, 9.17) is 0 Å². The molecule has 32 heavy (non-hydrogen) atoms. The van der Waals surface area contributed by atoms with Gasteiger partial charge in [-0.2, -0.15) is 0 Å². The number of nitrogens with zero attached hydrogens (tertiary/aromatic N) is 1. The van der Waals surface area contributed by atoms with Crippen LogP contribution in [0, 0.1) is 0 Å². The van der Waals surface area contributed by atoms with E-state index in [0.717, 1.165) is 0 Å². The molecule has 158 valence electrons. The molecule has 1 aromatic heterocycles. The number of thiazole rings is 1. The standard InChI is InChI=1S/C24H17N3O4S/c28-21(19-10-3-1-8-17(19)18-9-2-4-11-20(18)24(30)31)26-15-6-5-7-16(14-15)27-22(29)23-25-12-13-32-23/h1-14H,(H,26,28)(H,27,29)(H,30,31). The summed E-state index contributed by atoms with van der Waals surface area (Å²) in [5, 5.41) is 17.1. The van der Waals surface area contributed by atoms with Gasteiger partial charge in [-0.1, -0.05) is 42.5 Å². The Bertz CT molecular complexity index is 1300. The first-order valence-corrected chi connectivity index (χ1v) is 10.4. The summed E-state index contributed by atoms with van der Waals surface area (Å²) >= 11 is 1.23. The Kier molecular flexibility index (Phi) is 6.05. The molecule has 0 fully saturated rings. The van der Waals surface area contributed by atoms with Gasteiger partial charge < -0.3 is 15.7 Å². The number of hydrogen-bond donors (Lipinski definition) is 3. The molecule has 3 N–H and O–H groups in total. The normalized spacial score (nSPS) is 10.4. The second-order valence-corrected chi connectivity index (χ2v) is 7.62. The highest BCUT2D eigenvalue weighted by molar-refractivity contribution is 7.11. The lowest BCUT2D eigenvalue weighted by Crippen LogP contribution is -2.15. The van der Waals surface area contributed by atoms with Crippen molar-refractivity contribution < 1.29 is 19.5 Å². The highest BCUT2D eigenvalue weighted by Crippen LogP contribution is 2.28. The van der Waals surface area contributed by atoms with E-state index < -0.39 is 11.9 Å². The van der Waals surface area contributed by atoms with Crippen molar-refractivity contribution >= 4 is 40.5 Å². The van der Waals surface area contributed by atoms with Crippen LogP contribution >= 0.6 is 11.3 Å². The van der Waals surface area contributed by atoms with Crippen LogP contribution < -0.4 is 10.6 Å². The van der Waals surface area contributed by atoms with Gasteiger partial charge in [0.25, 0.3) is 11.8 Å². The minimum absolute atomic E-state index is 0.111. The summed E-state index contributed by atoms with van der Waals surface area (Å²) in [5.41, 5.74) is 2.39. The molecule has 7 nitrogen and oxygen atoms in total. The third-order valence-corrected chi connectivity index (χ3v) is 5.40. The molecule has 0 bridgehead atoms. The summed E-state index contributed by atoms with van der Waals surface area (Å²) in [5.74, 6) is -1.80. The van der Waals surface area contributed by atoms with Gasteiger partial charge >= 0.3 is 5.97 Å². The van der Waals surface area contributed by atoms with Crippen molar-refractivity contribution in [2.75, 3.05) is 10.6 Å². The Labute approximate surface area is 187 Å². The van der Waals surface area contributed by atoms with E-state index in [-0.39, 0.29) is 11.5 Å². The number of anilines is 2. The smallest absolute Gasteiger partial charge is 0.336 e. The fourth-order valence-corrected chi connectivity index (χ4v) is 3.74. The summed E-state index contributed by atoms with van der Waals surface area (Å²) in [7, 11) is 0. The van der Waals surface area contributed by atoms with Crippen molar-refractivity contribution in [2.24, 2.45) is 0 Å². The van der Waals surface area contributed by atoms with Crippen LogP contribution in [0.1, 0.15) is 30.5 Å². The van der Waals surface area contributed by atoms with Crippen LogP contribution in [0.15, 0.2) is 84.4 Å². The molecule has 0 aliphatic carbocycles. The Morgan fingerprint density at radius 3 is 1.97 bits per heavy atom. The lowest BCUT2D eigenvalue weighted by molar-refractivity contribution is 0.0697. The third-order valence-electron chi connectivity index (χ3n) is 4.62. The minimum Gasteiger partial charge on any atom is -0.478 e. The fraction of sp³-hybridized carbons (Fsp3) is 0. The van der Waals surface area contributed by atoms with Crippen LogP contribution in [-0.2, 0) is 0 Å². The molecular formula is C24H17N3O4S. The number of amides is 2. The number of carbonyl (C=O) groups excluding carboxylic acids is 2. The summed E-state index contributed by atoms with van der Waals surface area (Å²) < 4.78 is 0. The number of carbonyl (C=O) groups is 3. The van der Waals surface area contributed by atoms with Crippen LogP contribution in [0.25, 0.3) is 11.1 Å². The van der Waals surface area contributed by atoms with Gasteiger partial charge in [-0.3, -0.25) is 9.59 Å². The number of rotatable bonds is 6. The zero-order chi connectivity index (χ0) is 22.5. The van der Waals surface area contributed by atoms with Crippen LogP contribution in [0.5, 0.6) is 0 Å². The fourth-order valence-electron chi connectivity index (χ4n) is 3.21. The zero-order valence-electron chi connectivity index (χ0n) is 16.6. The molecule has 3 aromatic carbocycles. The zero-order valence-corrected chi connectivity index (χ0v) is 17.4. The summed E-state index contributed by atoms with van der Waals surface area (Å²) in [4.78, 5) is 40.9. The molecule has 1 heterocycles. The first kappa shape index (κ1) is 21.0. The quantitative estimate of drug-likeness (QED) is 0.388. The van der Waals surface area contributed by atoms with E-state index >= 15 is 0 Å². The second-order valence-electron chi connectivity index (χ2n) is 6.72. The Hall–Kier alpha value is -4.30. The monoisotopic (exact) mass is 443 g/mol. The molecule has 0 aliphatic heterocycles. The number of carboxylic acid groups (broad SMARTS) is 1. The van der Waals surface area contributed by atoms with Crippen molar-refractivity contribution in [2.45, 2.75) is 0 Å². The molecule has 0 aliphatic rings. The van der Waals surface area contributed by atoms with E-state index in [2.05, 4.69) is 15.6 Å². The molecule has 2 amide bonds. The van der Waals surface area contributed by atoms with E-state index in [0.29, 0.717) is 33.1 Å². The van der Waals surface area contributed by atoms with E-state index in [1.54, 1.807) is 78.3 Å². The van der Waals surface area contributed by atoms with E-state index in [9.17, 15) is 19.5 Å². The van der Waals surface area contributed by atoms with Crippen LogP contribution in [-0.4, -0.2) is 27.9 Å². The summed E-state index contributed by atoms with van der Waals surface area (Å²) in [6.45, 7) is 0. The molecule has 8 heteroatoms. The molecule has 0 radical (unpaired) electrons. The number of hydrogen-bond acceptors (Lipinski definition) is 5. The lowest BCUT2D eigenvalue weighted by atomic mass is 9.95. The number of nitrogens with one attached hydrogen (secondary N) is 2. The maximum absolute atomic E-state index is 13.1. The molecule has 0 unspecified atom stereocenters. The van der Waals surface area contributed by atoms with Crippen molar-refractivity contribution in [1.82, 2.24) is 4.98 Å². The van der Waals surface area contributed by atoms with Crippen LogP contribution in [0.4, 0.5) is 11.4 Å². The maximum Gasteiger partial charge on any atom is 0.336 e. The average molecular weight is 443 g/mol. The van der Waals surface area contributed by atoms with E-state index in [1.807, 2.05) is 0 Å². The largest absolute Gasteiger partial charge is 0.478 e. The van der Waals surface area contributed by atoms with Gasteiger partial charge in [-0.25, -0.2) is 9.78 Å². The Morgan fingerprint density at radius 2 is 1.34 bits per heavy atom. The molecule has 0 spiro atoms. The maximum atomic E-state index is 13.1. The SMILES string of the molecule is O=C(Nc1cccc(NC(=O)c2ccccc2-c2ccccc2C(=O)O)c1)c1nccs1. The molecule has 4 rings (SSSR count). The summed E-state index contributed by atoms with van der Waals surface area (Å²) in [6, 6.07) is 20.1. The van der Waals surface area contributed by atoms with Crippen molar-refractivity contribution in [3.05, 3.63) is 101 Å². The van der Waals surface area contributed by atoms with Gasteiger partial charge in [0, 0.05) is 28.5 Å². The number of benzene rings is 3. The van der Waals surface area contributed by atoms with Crippen molar-refractivity contribution in [3.63, 3.8) is 0 Å². The Morgan fingerprint density at radius 1 is 0.750 bits per heavy atom. The van der Waals surface area contributed by atoms with Gasteiger partial charge in [-0.15, -0.1) is 11.3 Å². The molecule has 4 aromatic rings. The number of aromatic carboxylic acids is 1.